The van der Waals surface area contributed by atoms with Crippen molar-refractivity contribution in [2.24, 2.45) is 0 Å². The number of benzene rings is 1. The van der Waals surface area contributed by atoms with Gasteiger partial charge in [-0.25, -0.2) is 8.78 Å². The molecule has 0 amide bonds. The van der Waals surface area contributed by atoms with Crippen LogP contribution in [0.15, 0.2) is 12.1 Å². The highest BCUT2D eigenvalue weighted by atomic mass is 19.1. The van der Waals surface area contributed by atoms with Crippen molar-refractivity contribution in [2.45, 2.75) is 20.8 Å². The molecule has 0 aliphatic heterocycles. The smallest absolute Gasteiger partial charge is 0.151 e. The molecular formula is C9H13F2N. The van der Waals surface area contributed by atoms with E-state index in [-0.39, 0.29) is 0 Å². The quantitative estimate of drug-likeness (QED) is 0.600. The predicted octanol–water partition coefficient (Wildman–Crippen LogP) is 2.88. The SMILES string of the molecule is CC.Cc1ccc(F)c(N)c1F. The minimum atomic E-state index is -0.705. The molecule has 1 aromatic rings. The summed E-state index contributed by atoms with van der Waals surface area (Å²) in [7, 11) is 0. The monoisotopic (exact) mass is 173 g/mol. The maximum atomic E-state index is 12.6. The van der Waals surface area contributed by atoms with Crippen molar-refractivity contribution < 1.29 is 8.78 Å². The molecule has 68 valence electrons. The summed E-state index contributed by atoms with van der Waals surface area (Å²) >= 11 is 0. The highest BCUT2D eigenvalue weighted by molar-refractivity contribution is 5.43. The fourth-order valence-corrected chi connectivity index (χ4v) is 0.678. The van der Waals surface area contributed by atoms with Gasteiger partial charge >= 0.3 is 0 Å². The first-order valence-corrected chi connectivity index (χ1v) is 3.83. The fraction of sp³-hybridized carbons (Fsp3) is 0.333. The highest BCUT2D eigenvalue weighted by Gasteiger charge is 2.05. The summed E-state index contributed by atoms with van der Waals surface area (Å²) in [5, 5.41) is 0. The molecule has 1 rings (SSSR count). The lowest BCUT2D eigenvalue weighted by molar-refractivity contribution is 0.586. The van der Waals surface area contributed by atoms with Gasteiger partial charge in [-0.3, -0.25) is 0 Å². The molecule has 3 heteroatoms. The first kappa shape index (κ1) is 10.9. The van der Waals surface area contributed by atoms with E-state index in [1.807, 2.05) is 13.8 Å². The van der Waals surface area contributed by atoms with E-state index < -0.39 is 17.3 Å². The Morgan fingerprint density at radius 2 is 1.67 bits per heavy atom. The molecule has 0 fully saturated rings. The maximum Gasteiger partial charge on any atom is 0.151 e. The van der Waals surface area contributed by atoms with Gasteiger partial charge in [0.2, 0.25) is 0 Å². The van der Waals surface area contributed by atoms with Crippen LogP contribution in [0.2, 0.25) is 0 Å². The van der Waals surface area contributed by atoms with Gasteiger partial charge in [0.25, 0.3) is 0 Å². The van der Waals surface area contributed by atoms with Gasteiger partial charge in [-0.15, -0.1) is 0 Å². The first-order chi connectivity index (χ1) is 5.63. The van der Waals surface area contributed by atoms with Crippen molar-refractivity contribution >= 4 is 5.69 Å². The average molecular weight is 173 g/mol. The van der Waals surface area contributed by atoms with Crippen molar-refractivity contribution in [1.29, 1.82) is 0 Å². The first-order valence-electron chi connectivity index (χ1n) is 3.83. The second kappa shape index (κ2) is 4.70. The van der Waals surface area contributed by atoms with Gasteiger partial charge in [0.1, 0.15) is 11.5 Å². The van der Waals surface area contributed by atoms with Crippen LogP contribution in [0, 0.1) is 18.6 Å². The minimum absolute atomic E-state index is 0.360. The molecule has 1 nitrogen and oxygen atoms in total. The van der Waals surface area contributed by atoms with Crippen LogP contribution >= 0.6 is 0 Å². The molecule has 2 N–H and O–H groups in total. The zero-order chi connectivity index (χ0) is 9.72. The number of nitrogen functional groups attached to an aromatic ring is 1. The number of aryl methyl sites for hydroxylation is 1. The number of rotatable bonds is 0. The van der Waals surface area contributed by atoms with Crippen molar-refractivity contribution in [1.82, 2.24) is 0 Å². The van der Waals surface area contributed by atoms with Gasteiger partial charge in [0.15, 0.2) is 5.82 Å². The molecule has 0 radical (unpaired) electrons. The summed E-state index contributed by atoms with van der Waals surface area (Å²) in [6.45, 7) is 5.53. The van der Waals surface area contributed by atoms with Crippen molar-refractivity contribution in [3.63, 3.8) is 0 Å². The van der Waals surface area contributed by atoms with E-state index in [0.29, 0.717) is 5.56 Å². The van der Waals surface area contributed by atoms with E-state index in [4.69, 9.17) is 5.73 Å². The molecule has 12 heavy (non-hydrogen) atoms. The Morgan fingerprint density at radius 3 is 2.08 bits per heavy atom. The Kier molecular flexibility index (Phi) is 4.26. The molecule has 0 aliphatic carbocycles. The third kappa shape index (κ3) is 2.19. The van der Waals surface area contributed by atoms with E-state index in [2.05, 4.69) is 0 Å². The van der Waals surface area contributed by atoms with E-state index in [1.165, 1.54) is 13.0 Å². The highest BCUT2D eigenvalue weighted by Crippen LogP contribution is 2.17. The Labute approximate surface area is 71.2 Å². The van der Waals surface area contributed by atoms with Gasteiger partial charge in [0, 0.05) is 0 Å². The average Bonchev–Trinajstić information content (AvgIpc) is 2.12. The lowest BCUT2D eigenvalue weighted by Crippen LogP contribution is -1.96. The number of hydrogen-bond acceptors (Lipinski definition) is 1. The van der Waals surface area contributed by atoms with Gasteiger partial charge in [0.05, 0.1) is 0 Å². The second-order valence-corrected chi connectivity index (χ2v) is 2.09. The predicted molar refractivity (Wildman–Crippen MR) is 46.9 cm³/mol. The summed E-state index contributed by atoms with van der Waals surface area (Å²) in [5.41, 5.74) is 4.99. The molecule has 1 aromatic carbocycles. The molecule has 0 atom stereocenters. The van der Waals surface area contributed by atoms with Crippen molar-refractivity contribution in [3.05, 3.63) is 29.3 Å². The number of hydrogen-bond donors (Lipinski definition) is 1. The van der Waals surface area contributed by atoms with Crippen LogP contribution < -0.4 is 5.73 Å². The lowest BCUT2D eigenvalue weighted by Gasteiger charge is -1.99. The molecule has 0 saturated carbocycles. The van der Waals surface area contributed by atoms with Crippen LogP contribution in [0.25, 0.3) is 0 Å². The Hall–Kier alpha value is -1.12. The van der Waals surface area contributed by atoms with Crippen LogP contribution in [0.1, 0.15) is 19.4 Å². The Balaban J connectivity index is 0.000000561. The molecular weight excluding hydrogens is 160 g/mol. The van der Waals surface area contributed by atoms with Gasteiger partial charge in [-0.1, -0.05) is 19.9 Å². The number of halogens is 2. The van der Waals surface area contributed by atoms with Crippen LogP contribution in [0.3, 0.4) is 0 Å². The molecule has 0 aromatic heterocycles. The van der Waals surface area contributed by atoms with Crippen LogP contribution in [-0.2, 0) is 0 Å². The standard InChI is InChI=1S/C7H7F2N.C2H6/c1-4-2-3-5(8)7(10)6(4)9;1-2/h2-3H,10H2,1H3;1-2H3. The Bertz CT molecular complexity index is 232. The summed E-state index contributed by atoms with van der Waals surface area (Å²) in [4.78, 5) is 0. The van der Waals surface area contributed by atoms with E-state index in [1.54, 1.807) is 0 Å². The molecule has 0 saturated heterocycles. The van der Waals surface area contributed by atoms with Gasteiger partial charge in [-0.2, -0.15) is 0 Å². The number of anilines is 1. The topological polar surface area (TPSA) is 26.0 Å². The molecule has 0 unspecified atom stereocenters. The lowest BCUT2D eigenvalue weighted by atomic mass is 10.2. The summed E-state index contributed by atoms with van der Waals surface area (Å²) in [6, 6.07) is 2.49. The van der Waals surface area contributed by atoms with Crippen molar-refractivity contribution in [2.75, 3.05) is 5.73 Å². The summed E-state index contributed by atoms with van der Waals surface area (Å²) < 4.78 is 25.0. The largest absolute Gasteiger partial charge is 0.394 e. The molecule has 0 spiro atoms. The van der Waals surface area contributed by atoms with E-state index in [9.17, 15) is 8.78 Å². The molecule has 0 heterocycles. The molecule has 0 aliphatic rings. The zero-order valence-electron chi connectivity index (χ0n) is 7.49. The van der Waals surface area contributed by atoms with Crippen molar-refractivity contribution in [3.8, 4) is 0 Å². The number of nitrogens with two attached hydrogens (primary N) is 1. The van der Waals surface area contributed by atoms with E-state index in [0.717, 1.165) is 6.07 Å². The van der Waals surface area contributed by atoms with E-state index >= 15 is 0 Å². The minimum Gasteiger partial charge on any atom is -0.394 e. The summed E-state index contributed by atoms with van der Waals surface area (Å²) in [6.07, 6.45) is 0. The Morgan fingerprint density at radius 1 is 1.17 bits per heavy atom. The van der Waals surface area contributed by atoms with Gasteiger partial charge < -0.3 is 5.73 Å². The third-order valence-electron chi connectivity index (χ3n) is 1.32. The van der Waals surface area contributed by atoms with Crippen LogP contribution in [-0.4, -0.2) is 0 Å². The van der Waals surface area contributed by atoms with Crippen LogP contribution in [0.5, 0.6) is 0 Å². The summed E-state index contributed by atoms with van der Waals surface area (Å²) in [5.74, 6) is -1.37. The van der Waals surface area contributed by atoms with Crippen LogP contribution in [0.4, 0.5) is 14.5 Å². The second-order valence-electron chi connectivity index (χ2n) is 2.09. The molecule has 0 bridgehead atoms. The normalized spacial score (nSPS) is 8.75. The fourth-order valence-electron chi connectivity index (χ4n) is 0.678. The maximum absolute atomic E-state index is 12.6. The third-order valence-corrected chi connectivity index (χ3v) is 1.32. The zero-order valence-corrected chi connectivity index (χ0v) is 7.49. The van der Waals surface area contributed by atoms with Gasteiger partial charge in [-0.05, 0) is 18.6 Å².